The minimum atomic E-state index is -0.290. The Balaban J connectivity index is 1.60. The molecule has 1 aliphatic heterocycles. The van der Waals surface area contributed by atoms with E-state index in [2.05, 4.69) is 5.10 Å². The van der Waals surface area contributed by atoms with E-state index in [-0.39, 0.29) is 17.8 Å². The predicted molar refractivity (Wildman–Crippen MR) is 74.5 cm³/mol. The van der Waals surface area contributed by atoms with Crippen LogP contribution in [-0.2, 0) is 7.05 Å². The second kappa shape index (κ2) is 5.55. The van der Waals surface area contributed by atoms with Crippen molar-refractivity contribution in [3.8, 4) is 5.75 Å². The summed E-state index contributed by atoms with van der Waals surface area (Å²) < 4.78 is 20.2. The fourth-order valence-electron chi connectivity index (χ4n) is 2.43. The van der Waals surface area contributed by atoms with Gasteiger partial charge in [-0.25, -0.2) is 4.39 Å². The minimum absolute atomic E-state index is 0.0340. The largest absolute Gasteiger partial charge is 0.489 e. The van der Waals surface area contributed by atoms with E-state index < -0.39 is 0 Å². The Bertz CT molecular complexity index is 639. The van der Waals surface area contributed by atoms with Crippen LogP contribution in [0.4, 0.5) is 4.39 Å². The van der Waals surface area contributed by atoms with Gasteiger partial charge in [-0.1, -0.05) is 0 Å². The monoisotopic (exact) mass is 289 g/mol. The van der Waals surface area contributed by atoms with Gasteiger partial charge in [0.05, 0.1) is 18.3 Å². The van der Waals surface area contributed by atoms with Gasteiger partial charge in [-0.3, -0.25) is 9.48 Å². The Hall–Kier alpha value is -2.37. The fraction of sp³-hybridized carbons (Fsp3) is 0.333. The van der Waals surface area contributed by atoms with Crippen LogP contribution in [0.3, 0.4) is 0 Å². The van der Waals surface area contributed by atoms with Crippen LogP contribution in [0.1, 0.15) is 16.8 Å². The molecule has 2 aromatic rings. The minimum Gasteiger partial charge on any atom is -0.489 e. The quantitative estimate of drug-likeness (QED) is 0.866. The number of benzene rings is 1. The molecule has 3 rings (SSSR count). The second-order valence-electron chi connectivity index (χ2n) is 5.14. The molecule has 5 nitrogen and oxygen atoms in total. The molecule has 1 amide bonds. The molecule has 1 fully saturated rings. The van der Waals surface area contributed by atoms with Crippen molar-refractivity contribution < 1.29 is 13.9 Å². The number of carbonyl (C=O) groups is 1. The Morgan fingerprint density at radius 2 is 2.14 bits per heavy atom. The number of hydrogen-bond acceptors (Lipinski definition) is 3. The van der Waals surface area contributed by atoms with Crippen LogP contribution < -0.4 is 4.74 Å². The first kappa shape index (κ1) is 13.6. The molecule has 2 heterocycles. The highest BCUT2D eigenvalue weighted by Crippen LogP contribution is 2.20. The van der Waals surface area contributed by atoms with Gasteiger partial charge in [0, 0.05) is 26.2 Å². The van der Waals surface area contributed by atoms with Gasteiger partial charge in [-0.15, -0.1) is 0 Å². The van der Waals surface area contributed by atoms with Crippen molar-refractivity contribution in [1.82, 2.24) is 14.7 Å². The molecule has 1 saturated heterocycles. The Labute approximate surface area is 121 Å². The van der Waals surface area contributed by atoms with E-state index in [1.54, 1.807) is 41.2 Å². The zero-order valence-electron chi connectivity index (χ0n) is 11.7. The lowest BCUT2D eigenvalue weighted by Gasteiger charge is -2.16. The first-order valence-electron chi connectivity index (χ1n) is 6.82. The van der Waals surface area contributed by atoms with Crippen molar-refractivity contribution in [1.29, 1.82) is 0 Å². The third-order valence-corrected chi connectivity index (χ3v) is 3.50. The molecule has 1 aliphatic rings. The van der Waals surface area contributed by atoms with E-state index >= 15 is 0 Å². The first-order valence-corrected chi connectivity index (χ1v) is 6.82. The molecule has 0 spiro atoms. The molecule has 1 aromatic carbocycles. The molecule has 110 valence electrons. The van der Waals surface area contributed by atoms with Gasteiger partial charge in [0.25, 0.3) is 5.91 Å². The average Bonchev–Trinajstić information content (AvgIpc) is 3.10. The molecule has 0 aliphatic carbocycles. The molecule has 1 aromatic heterocycles. The summed E-state index contributed by atoms with van der Waals surface area (Å²) in [5.74, 6) is 0.299. The Kier molecular flexibility index (Phi) is 3.60. The van der Waals surface area contributed by atoms with Crippen LogP contribution in [0.2, 0.25) is 0 Å². The van der Waals surface area contributed by atoms with Gasteiger partial charge in [0.2, 0.25) is 0 Å². The summed E-state index contributed by atoms with van der Waals surface area (Å²) >= 11 is 0. The van der Waals surface area contributed by atoms with E-state index in [4.69, 9.17) is 4.74 Å². The molecule has 0 unspecified atom stereocenters. The number of halogens is 1. The van der Waals surface area contributed by atoms with Crippen molar-refractivity contribution in [3.05, 3.63) is 48.0 Å². The molecule has 0 saturated carbocycles. The zero-order valence-corrected chi connectivity index (χ0v) is 11.7. The third kappa shape index (κ3) is 3.04. The molecule has 1 atom stereocenters. The maximum absolute atomic E-state index is 12.8. The van der Waals surface area contributed by atoms with Gasteiger partial charge < -0.3 is 9.64 Å². The first-order chi connectivity index (χ1) is 10.1. The number of aryl methyl sites for hydroxylation is 1. The smallest absolute Gasteiger partial charge is 0.257 e. The Morgan fingerprint density at radius 3 is 2.81 bits per heavy atom. The lowest BCUT2D eigenvalue weighted by molar-refractivity contribution is 0.0772. The van der Waals surface area contributed by atoms with E-state index in [1.807, 2.05) is 0 Å². The van der Waals surface area contributed by atoms with Crippen molar-refractivity contribution in [2.24, 2.45) is 7.05 Å². The van der Waals surface area contributed by atoms with Gasteiger partial charge in [0.1, 0.15) is 17.7 Å². The summed E-state index contributed by atoms with van der Waals surface area (Å²) in [4.78, 5) is 14.0. The topological polar surface area (TPSA) is 47.4 Å². The number of carbonyl (C=O) groups excluding carboxylic acids is 1. The van der Waals surface area contributed by atoms with Gasteiger partial charge >= 0.3 is 0 Å². The van der Waals surface area contributed by atoms with E-state index in [9.17, 15) is 9.18 Å². The maximum atomic E-state index is 12.8. The highest BCUT2D eigenvalue weighted by atomic mass is 19.1. The number of aromatic nitrogens is 2. The van der Waals surface area contributed by atoms with Crippen molar-refractivity contribution >= 4 is 5.91 Å². The molecule has 0 bridgehead atoms. The summed E-state index contributed by atoms with van der Waals surface area (Å²) in [6.07, 6.45) is 3.98. The van der Waals surface area contributed by atoms with Crippen molar-refractivity contribution in [2.75, 3.05) is 13.1 Å². The molecule has 0 N–H and O–H groups in total. The van der Waals surface area contributed by atoms with Crippen LogP contribution in [0.15, 0.2) is 36.7 Å². The predicted octanol–water partition coefficient (Wildman–Crippen LogP) is 1.85. The summed E-state index contributed by atoms with van der Waals surface area (Å²) in [5, 5.41) is 4.01. The lowest BCUT2D eigenvalue weighted by atomic mass is 10.3. The molecule has 6 heteroatoms. The molecule has 0 radical (unpaired) electrons. The van der Waals surface area contributed by atoms with Crippen LogP contribution in [0, 0.1) is 5.82 Å². The molecular formula is C15H16FN3O2. The van der Waals surface area contributed by atoms with Crippen molar-refractivity contribution in [2.45, 2.75) is 12.5 Å². The number of rotatable bonds is 3. The van der Waals surface area contributed by atoms with Gasteiger partial charge in [0.15, 0.2) is 0 Å². The summed E-state index contributed by atoms with van der Waals surface area (Å²) in [6, 6.07) is 5.92. The summed E-state index contributed by atoms with van der Waals surface area (Å²) in [5.41, 5.74) is 0.583. The third-order valence-electron chi connectivity index (χ3n) is 3.50. The van der Waals surface area contributed by atoms with Crippen LogP contribution in [0.25, 0.3) is 0 Å². The number of ether oxygens (including phenoxy) is 1. The second-order valence-corrected chi connectivity index (χ2v) is 5.14. The number of nitrogens with zero attached hydrogens (tertiary/aromatic N) is 3. The van der Waals surface area contributed by atoms with Gasteiger partial charge in [-0.2, -0.15) is 5.10 Å². The normalized spacial score (nSPS) is 18.0. The van der Waals surface area contributed by atoms with Gasteiger partial charge in [-0.05, 0) is 24.3 Å². The highest BCUT2D eigenvalue weighted by Gasteiger charge is 2.28. The van der Waals surface area contributed by atoms with Crippen LogP contribution >= 0.6 is 0 Å². The zero-order chi connectivity index (χ0) is 14.8. The van der Waals surface area contributed by atoms with Crippen LogP contribution in [0.5, 0.6) is 5.75 Å². The lowest BCUT2D eigenvalue weighted by Crippen LogP contribution is -2.30. The van der Waals surface area contributed by atoms with E-state index in [1.165, 1.54) is 12.1 Å². The van der Waals surface area contributed by atoms with Crippen molar-refractivity contribution in [3.63, 3.8) is 0 Å². The number of likely N-dealkylation sites (tertiary alicyclic amines) is 1. The SMILES string of the molecule is Cn1cc(C(=O)N2CC[C@H](Oc3ccc(F)cc3)C2)cn1. The fourth-order valence-corrected chi connectivity index (χ4v) is 2.43. The highest BCUT2D eigenvalue weighted by molar-refractivity contribution is 5.93. The molecular weight excluding hydrogens is 273 g/mol. The summed E-state index contributed by atoms with van der Waals surface area (Å²) in [6.45, 7) is 1.19. The van der Waals surface area contributed by atoms with Crippen LogP contribution in [-0.4, -0.2) is 39.8 Å². The average molecular weight is 289 g/mol. The number of hydrogen-bond donors (Lipinski definition) is 0. The summed E-state index contributed by atoms with van der Waals surface area (Å²) in [7, 11) is 1.78. The van der Waals surface area contributed by atoms with E-state index in [0.29, 0.717) is 24.4 Å². The van der Waals surface area contributed by atoms with E-state index in [0.717, 1.165) is 6.42 Å². The molecule has 21 heavy (non-hydrogen) atoms. The number of amides is 1. The maximum Gasteiger partial charge on any atom is 0.257 e. The Morgan fingerprint density at radius 1 is 1.38 bits per heavy atom. The standard InChI is InChI=1S/C15H16FN3O2/c1-18-9-11(8-17-18)15(20)19-7-6-14(10-19)21-13-4-2-12(16)3-5-13/h2-5,8-9,14H,6-7,10H2,1H3/t14-/m0/s1.